The Morgan fingerprint density at radius 2 is 2.13 bits per heavy atom. The van der Waals surface area contributed by atoms with Gasteiger partial charge in [-0.25, -0.2) is 4.79 Å². The molecule has 0 bridgehead atoms. The Bertz CT molecular complexity index is 322. The largest absolute Gasteiger partial charge is 0.454 e. The van der Waals surface area contributed by atoms with Crippen LogP contribution in [-0.2, 0) is 23.8 Å². The lowest BCUT2D eigenvalue weighted by atomic mass is 10.1. The molecule has 0 unspecified atom stereocenters. The van der Waals surface area contributed by atoms with Crippen LogP contribution in [0, 0.1) is 0 Å². The first-order chi connectivity index (χ1) is 7.08. The number of carbonyl (C=O) groups excluding carboxylic acids is 2. The molecular weight excluding hydrogens is 200 g/mol. The van der Waals surface area contributed by atoms with Crippen LogP contribution in [0.3, 0.4) is 0 Å². The molecule has 2 rings (SSSR count). The Balaban J connectivity index is 2.07. The molecule has 0 radical (unpaired) electrons. The van der Waals surface area contributed by atoms with Crippen molar-refractivity contribution in [2.75, 3.05) is 0 Å². The second-order valence-corrected chi connectivity index (χ2v) is 3.64. The van der Waals surface area contributed by atoms with Gasteiger partial charge in [-0.1, -0.05) is 0 Å². The van der Waals surface area contributed by atoms with Gasteiger partial charge in [-0.3, -0.25) is 4.79 Å². The topological polar surface area (TPSA) is 65.1 Å². The van der Waals surface area contributed by atoms with Crippen molar-refractivity contribution >= 4 is 11.9 Å². The van der Waals surface area contributed by atoms with Gasteiger partial charge < -0.3 is 14.2 Å². The molecule has 2 aliphatic rings. The average Bonchev–Trinajstić information content (AvgIpc) is 2.85. The molecule has 5 nitrogen and oxygen atoms in total. The Morgan fingerprint density at radius 1 is 1.47 bits per heavy atom. The monoisotopic (exact) mass is 212 g/mol. The summed E-state index contributed by atoms with van der Waals surface area (Å²) in [6, 6.07) is 0. The Kier molecular flexibility index (Phi) is 2.48. The molecule has 0 N–H and O–H groups in total. The van der Waals surface area contributed by atoms with Crippen LogP contribution in [0.5, 0.6) is 0 Å². The number of hydrogen-bond acceptors (Lipinski definition) is 5. The fourth-order valence-corrected chi connectivity index (χ4v) is 1.62. The Labute approximate surface area is 87.0 Å². The summed E-state index contributed by atoms with van der Waals surface area (Å²) in [5, 5.41) is 0. The van der Waals surface area contributed by atoms with Crippen LogP contribution >= 0.6 is 0 Å². The summed E-state index contributed by atoms with van der Waals surface area (Å²) in [7, 11) is 0. The number of hydrogen-bond donors (Lipinski definition) is 0. The summed E-state index contributed by atoms with van der Waals surface area (Å²) in [5.41, 5.74) is 0. The quantitative estimate of drug-likeness (QED) is 0.483. The van der Waals surface area contributed by atoms with Crippen LogP contribution in [0.1, 0.15) is 13.8 Å². The second-order valence-electron chi connectivity index (χ2n) is 3.64. The van der Waals surface area contributed by atoms with Gasteiger partial charge in [0.2, 0.25) is 0 Å². The lowest BCUT2D eigenvalue weighted by molar-refractivity contribution is -0.163. The van der Waals surface area contributed by atoms with Crippen LogP contribution < -0.4 is 0 Å². The van der Waals surface area contributed by atoms with Gasteiger partial charge in [0.1, 0.15) is 6.10 Å². The van der Waals surface area contributed by atoms with Crippen LogP contribution in [0.2, 0.25) is 0 Å². The number of rotatable bonds is 2. The number of epoxide rings is 1. The minimum absolute atomic E-state index is 0.0485. The highest BCUT2D eigenvalue weighted by Crippen LogP contribution is 2.31. The maximum atomic E-state index is 11.0. The van der Waals surface area contributed by atoms with E-state index < -0.39 is 24.1 Å². The van der Waals surface area contributed by atoms with Crippen molar-refractivity contribution in [3.05, 3.63) is 12.2 Å². The van der Waals surface area contributed by atoms with Crippen molar-refractivity contribution < 1.29 is 23.8 Å². The normalized spacial score (nSPS) is 38.4. The smallest absolute Gasteiger partial charge is 0.331 e. The number of cyclic esters (lactones) is 1. The summed E-state index contributed by atoms with van der Waals surface area (Å²) in [6.07, 6.45) is 1.64. The summed E-state index contributed by atoms with van der Waals surface area (Å²) < 4.78 is 15.3. The zero-order valence-electron chi connectivity index (χ0n) is 8.51. The molecule has 0 saturated carbocycles. The molecule has 0 amide bonds. The number of carbonyl (C=O) groups is 2. The molecule has 0 aromatic carbocycles. The SMILES string of the molecule is CC(=O)O[C@H]1C=CC(=O)O[C@H]1[C@@H]1O[C@H]1C. The second kappa shape index (κ2) is 3.66. The third-order valence-corrected chi connectivity index (χ3v) is 2.38. The van der Waals surface area contributed by atoms with Gasteiger partial charge in [-0.05, 0) is 13.0 Å². The minimum atomic E-state index is -0.532. The molecule has 5 heteroatoms. The van der Waals surface area contributed by atoms with Crippen LogP contribution in [-0.4, -0.2) is 36.4 Å². The number of ether oxygens (including phenoxy) is 3. The van der Waals surface area contributed by atoms with Crippen molar-refractivity contribution in [3.8, 4) is 0 Å². The molecule has 0 aromatic rings. The first kappa shape index (κ1) is 10.2. The molecule has 2 aliphatic heterocycles. The third kappa shape index (κ3) is 2.18. The molecule has 2 heterocycles. The van der Waals surface area contributed by atoms with Crippen LogP contribution in [0.25, 0.3) is 0 Å². The first-order valence-corrected chi connectivity index (χ1v) is 4.79. The summed E-state index contributed by atoms with van der Waals surface area (Å²) >= 11 is 0. The number of esters is 2. The lowest BCUT2D eigenvalue weighted by Crippen LogP contribution is -2.40. The van der Waals surface area contributed by atoms with Crippen molar-refractivity contribution in [2.24, 2.45) is 0 Å². The Hall–Kier alpha value is -1.36. The highest BCUT2D eigenvalue weighted by Gasteiger charge is 2.49. The van der Waals surface area contributed by atoms with E-state index in [1.165, 1.54) is 19.1 Å². The van der Waals surface area contributed by atoms with Crippen molar-refractivity contribution in [1.29, 1.82) is 0 Å². The summed E-state index contributed by atoms with van der Waals surface area (Å²) in [5.74, 6) is -0.827. The van der Waals surface area contributed by atoms with E-state index in [1.807, 2.05) is 6.92 Å². The maximum absolute atomic E-state index is 11.0. The molecule has 0 aromatic heterocycles. The molecule has 4 atom stereocenters. The highest BCUT2D eigenvalue weighted by molar-refractivity contribution is 5.83. The van der Waals surface area contributed by atoms with Gasteiger partial charge in [0.25, 0.3) is 0 Å². The third-order valence-electron chi connectivity index (χ3n) is 2.38. The molecular formula is C10H12O5. The lowest BCUT2D eigenvalue weighted by Gasteiger charge is -2.25. The fraction of sp³-hybridized carbons (Fsp3) is 0.600. The van der Waals surface area contributed by atoms with Crippen LogP contribution in [0.15, 0.2) is 12.2 Å². The summed E-state index contributed by atoms with van der Waals surface area (Å²) in [4.78, 5) is 21.9. The van der Waals surface area contributed by atoms with E-state index in [0.717, 1.165) is 0 Å². The first-order valence-electron chi connectivity index (χ1n) is 4.79. The van der Waals surface area contributed by atoms with Crippen LogP contribution in [0.4, 0.5) is 0 Å². The van der Waals surface area contributed by atoms with Crippen molar-refractivity contribution in [2.45, 2.75) is 38.3 Å². The minimum Gasteiger partial charge on any atom is -0.454 e. The molecule has 15 heavy (non-hydrogen) atoms. The Morgan fingerprint density at radius 3 is 2.67 bits per heavy atom. The molecule has 0 spiro atoms. The standard InChI is InChI=1S/C10H12O5/c1-5-9(13-5)10-7(14-6(2)11)3-4-8(12)15-10/h3-5,7,9-10H,1-2H3/t5-,7-,9+,10+/m0/s1. The molecule has 0 aliphatic carbocycles. The predicted octanol–water partition coefficient (Wildman–Crippen LogP) is 0.187. The van der Waals surface area contributed by atoms with E-state index in [1.54, 1.807) is 0 Å². The van der Waals surface area contributed by atoms with E-state index >= 15 is 0 Å². The van der Waals surface area contributed by atoms with E-state index in [2.05, 4.69) is 0 Å². The average molecular weight is 212 g/mol. The highest BCUT2D eigenvalue weighted by atomic mass is 16.6. The van der Waals surface area contributed by atoms with E-state index in [4.69, 9.17) is 14.2 Å². The van der Waals surface area contributed by atoms with Gasteiger partial charge in [0, 0.05) is 13.0 Å². The van der Waals surface area contributed by atoms with Gasteiger partial charge in [-0.2, -0.15) is 0 Å². The van der Waals surface area contributed by atoms with Gasteiger partial charge >= 0.3 is 11.9 Å². The maximum Gasteiger partial charge on any atom is 0.331 e. The van der Waals surface area contributed by atoms with E-state index in [9.17, 15) is 9.59 Å². The van der Waals surface area contributed by atoms with Gasteiger partial charge in [-0.15, -0.1) is 0 Å². The van der Waals surface area contributed by atoms with Crippen molar-refractivity contribution in [1.82, 2.24) is 0 Å². The molecule has 1 saturated heterocycles. The predicted molar refractivity (Wildman–Crippen MR) is 48.9 cm³/mol. The zero-order chi connectivity index (χ0) is 11.0. The van der Waals surface area contributed by atoms with E-state index in [0.29, 0.717) is 0 Å². The van der Waals surface area contributed by atoms with E-state index in [-0.39, 0.29) is 12.2 Å². The van der Waals surface area contributed by atoms with Gasteiger partial charge in [0.15, 0.2) is 12.2 Å². The van der Waals surface area contributed by atoms with Crippen molar-refractivity contribution in [3.63, 3.8) is 0 Å². The molecule has 82 valence electrons. The zero-order valence-corrected chi connectivity index (χ0v) is 8.51. The fourth-order valence-electron chi connectivity index (χ4n) is 1.62. The summed E-state index contributed by atoms with van der Waals surface area (Å²) in [6.45, 7) is 3.19. The van der Waals surface area contributed by atoms with Gasteiger partial charge in [0.05, 0.1) is 6.10 Å². The molecule has 1 fully saturated rings.